The first-order valence-electron chi connectivity index (χ1n) is 6.90. The minimum atomic E-state index is -0.399. The molecule has 1 N–H and O–H groups in total. The molecule has 1 saturated carbocycles. The maximum absolute atomic E-state index is 9.11. The van der Waals surface area contributed by atoms with Gasteiger partial charge in [0.05, 0.1) is 11.5 Å². The summed E-state index contributed by atoms with van der Waals surface area (Å²) < 4.78 is 0. The molecule has 0 aliphatic heterocycles. The number of anilines is 1. The standard InChI is InChI=1S/C16H22N2/c1-16(2,12-17)13-8-10-15(11-9-13)18-14-6-4-3-5-7-14/h8-11,14,18H,3-7H2,1-2H3. The van der Waals surface area contributed by atoms with Crippen molar-refractivity contribution in [3.05, 3.63) is 29.8 Å². The number of hydrogen-bond acceptors (Lipinski definition) is 2. The molecule has 0 amide bonds. The summed E-state index contributed by atoms with van der Waals surface area (Å²) >= 11 is 0. The molecule has 96 valence electrons. The lowest BCUT2D eigenvalue weighted by Crippen LogP contribution is -2.22. The van der Waals surface area contributed by atoms with Crippen LogP contribution in [0, 0.1) is 11.3 Å². The van der Waals surface area contributed by atoms with Gasteiger partial charge in [-0.05, 0) is 44.4 Å². The van der Waals surface area contributed by atoms with E-state index in [-0.39, 0.29) is 0 Å². The highest BCUT2D eigenvalue weighted by molar-refractivity contribution is 5.47. The molecule has 2 heteroatoms. The van der Waals surface area contributed by atoms with Crippen LogP contribution >= 0.6 is 0 Å². The van der Waals surface area contributed by atoms with Crippen LogP contribution in [0.15, 0.2) is 24.3 Å². The highest BCUT2D eigenvalue weighted by atomic mass is 14.9. The molecule has 2 nitrogen and oxygen atoms in total. The number of hydrogen-bond donors (Lipinski definition) is 1. The zero-order chi connectivity index (χ0) is 13.0. The van der Waals surface area contributed by atoms with Crippen LogP contribution in [0.25, 0.3) is 0 Å². The summed E-state index contributed by atoms with van der Waals surface area (Å²) in [7, 11) is 0. The van der Waals surface area contributed by atoms with Gasteiger partial charge in [-0.15, -0.1) is 0 Å². The lowest BCUT2D eigenvalue weighted by atomic mass is 9.86. The maximum atomic E-state index is 9.11. The number of nitrogens with one attached hydrogen (secondary N) is 1. The first-order chi connectivity index (χ1) is 8.62. The minimum absolute atomic E-state index is 0.399. The Morgan fingerprint density at radius 2 is 1.72 bits per heavy atom. The molecule has 0 bridgehead atoms. The van der Waals surface area contributed by atoms with Crippen molar-refractivity contribution in [1.82, 2.24) is 0 Å². The van der Waals surface area contributed by atoms with Gasteiger partial charge in [-0.2, -0.15) is 5.26 Å². The van der Waals surface area contributed by atoms with Crippen molar-refractivity contribution in [3.63, 3.8) is 0 Å². The molecule has 1 aliphatic rings. The summed E-state index contributed by atoms with van der Waals surface area (Å²) in [5.41, 5.74) is 1.86. The molecule has 0 radical (unpaired) electrons. The fraction of sp³-hybridized carbons (Fsp3) is 0.562. The molecular formula is C16H22N2. The van der Waals surface area contributed by atoms with Crippen molar-refractivity contribution in [2.75, 3.05) is 5.32 Å². The van der Waals surface area contributed by atoms with E-state index in [1.54, 1.807) is 0 Å². The summed E-state index contributed by atoms with van der Waals surface area (Å²) in [5.74, 6) is 0. The molecule has 1 fully saturated rings. The third-order valence-electron chi connectivity index (χ3n) is 3.86. The third-order valence-corrected chi connectivity index (χ3v) is 3.86. The predicted molar refractivity (Wildman–Crippen MR) is 75.6 cm³/mol. The summed E-state index contributed by atoms with van der Waals surface area (Å²) in [4.78, 5) is 0. The Bertz CT molecular complexity index is 419. The zero-order valence-electron chi connectivity index (χ0n) is 11.4. The van der Waals surface area contributed by atoms with Crippen molar-refractivity contribution < 1.29 is 0 Å². The van der Waals surface area contributed by atoms with Crippen LogP contribution in [0.5, 0.6) is 0 Å². The Balaban J connectivity index is 2.01. The number of nitrogens with zero attached hydrogens (tertiary/aromatic N) is 1. The van der Waals surface area contributed by atoms with Crippen LogP contribution in [0.4, 0.5) is 5.69 Å². The Hall–Kier alpha value is -1.49. The second-order valence-electron chi connectivity index (χ2n) is 5.79. The van der Waals surface area contributed by atoms with Gasteiger partial charge in [0.2, 0.25) is 0 Å². The zero-order valence-corrected chi connectivity index (χ0v) is 11.4. The van der Waals surface area contributed by atoms with E-state index >= 15 is 0 Å². The summed E-state index contributed by atoms with van der Waals surface area (Å²) in [5, 5.41) is 12.7. The summed E-state index contributed by atoms with van der Waals surface area (Å²) in [6, 6.07) is 11.3. The Morgan fingerprint density at radius 1 is 1.11 bits per heavy atom. The van der Waals surface area contributed by atoms with Crippen molar-refractivity contribution in [1.29, 1.82) is 5.26 Å². The molecular weight excluding hydrogens is 220 g/mol. The molecule has 18 heavy (non-hydrogen) atoms. The second-order valence-corrected chi connectivity index (χ2v) is 5.79. The van der Waals surface area contributed by atoms with Gasteiger partial charge in [0, 0.05) is 11.7 Å². The lowest BCUT2D eigenvalue weighted by molar-refractivity contribution is 0.463. The number of rotatable bonds is 3. The van der Waals surface area contributed by atoms with Gasteiger partial charge >= 0.3 is 0 Å². The molecule has 1 aromatic carbocycles. The van der Waals surface area contributed by atoms with Gasteiger partial charge < -0.3 is 5.32 Å². The van der Waals surface area contributed by atoms with Crippen LogP contribution in [-0.4, -0.2) is 6.04 Å². The Labute approximate surface area is 110 Å². The molecule has 1 aliphatic carbocycles. The van der Waals surface area contributed by atoms with Crippen molar-refractivity contribution >= 4 is 5.69 Å². The Morgan fingerprint density at radius 3 is 2.28 bits per heavy atom. The van der Waals surface area contributed by atoms with Gasteiger partial charge in [-0.25, -0.2) is 0 Å². The molecule has 2 rings (SSSR count). The van der Waals surface area contributed by atoms with E-state index < -0.39 is 5.41 Å². The normalized spacial score (nSPS) is 17.2. The SMILES string of the molecule is CC(C)(C#N)c1ccc(NC2CCCCC2)cc1. The lowest BCUT2D eigenvalue weighted by Gasteiger charge is -2.24. The molecule has 1 aromatic rings. The van der Waals surface area contributed by atoms with E-state index in [0.717, 1.165) is 5.56 Å². The van der Waals surface area contributed by atoms with Gasteiger partial charge in [-0.3, -0.25) is 0 Å². The van der Waals surface area contributed by atoms with Crippen molar-refractivity contribution in [3.8, 4) is 6.07 Å². The average molecular weight is 242 g/mol. The molecule has 0 aromatic heterocycles. The molecule has 0 unspecified atom stereocenters. The second kappa shape index (κ2) is 5.44. The largest absolute Gasteiger partial charge is 0.382 e. The van der Waals surface area contributed by atoms with Gasteiger partial charge in [0.1, 0.15) is 0 Å². The van der Waals surface area contributed by atoms with Gasteiger partial charge in [-0.1, -0.05) is 31.4 Å². The number of benzene rings is 1. The van der Waals surface area contributed by atoms with Crippen LogP contribution in [0.2, 0.25) is 0 Å². The third kappa shape index (κ3) is 3.04. The highest BCUT2D eigenvalue weighted by Gasteiger charge is 2.19. The first kappa shape index (κ1) is 13.0. The first-order valence-corrected chi connectivity index (χ1v) is 6.90. The van der Waals surface area contributed by atoms with Gasteiger partial charge in [0.25, 0.3) is 0 Å². The van der Waals surface area contributed by atoms with Crippen LogP contribution < -0.4 is 5.32 Å². The minimum Gasteiger partial charge on any atom is -0.382 e. The molecule has 0 saturated heterocycles. The van der Waals surface area contributed by atoms with E-state index in [1.165, 1.54) is 37.8 Å². The topological polar surface area (TPSA) is 35.8 Å². The van der Waals surface area contributed by atoms with Gasteiger partial charge in [0.15, 0.2) is 0 Å². The quantitative estimate of drug-likeness (QED) is 0.860. The maximum Gasteiger partial charge on any atom is 0.0766 e. The van der Waals surface area contributed by atoms with Crippen LogP contribution in [0.3, 0.4) is 0 Å². The molecule has 0 atom stereocenters. The number of nitriles is 1. The van der Waals surface area contributed by atoms with Crippen LogP contribution in [-0.2, 0) is 5.41 Å². The molecule has 0 heterocycles. The highest BCUT2D eigenvalue weighted by Crippen LogP contribution is 2.25. The monoisotopic (exact) mass is 242 g/mol. The predicted octanol–water partition coefficient (Wildman–Crippen LogP) is 4.23. The van der Waals surface area contributed by atoms with E-state index in [2.05, 4.69) is 35.7 Å². The molecule has 0 spiro atoms. The smallest absolute Gasteiger partial charge is 0.0766 e. The Kier molecular flexibility index (Phi) is 3.91. The fourth-order valence-corrected chi connectivity index (χ4v) is 2.53. The van der Waals surface area contributed by atoms with E-state index in [0.29, 0.717) is 6.04 Å². The van der Waals surface area contributed by atoms with Crippen LogP contribution in [0.1, 0.15) is 51.5 Å². The van der Waals surface area contributed by atoms with E-state index in [4.69, 9.17) is 5.26 Å². The van der Waals surface area contributed by atoms with E-state index in [1.807, 2.05) is 13.8 Å². The van der Waals surface area contributed by atoms with Crippen molar-refractivity contribution in [2.45, 2.75) is 57.4 Å². The summed E-state index contributed by atoms with van der Waals surface area (Å²) in [6.07, 6.45) is 6.64. The van der Waals surface area contributed by atoms with Crippen molar-refractivity contribution in [2.24, 2.45) is 0 Å². The average Bonchev–Trinajstić information content (AvgIpc) is 2.40. The van der Waals surface area contributed by atoms with E-state index in [9.17, 15) is 0 Å². The fourth-order valence-electron chi connectivity index (χ4n) is 2.53. The summed E-state index contributed by atoms with van der Waals surface area (Å²) in [6.45, 7) is 3.91.